The summed E-state index contributed by atoms with van der Waals surface area (Å²) in [4.78, 5) is 23.1. The number of carbonyl (C=O) groups is 2. The number of aliphatic hydroxyl groups is 2. The van der Waals surface area contributed by atoms with E-state index >= 15 is 0 Å². The quantitative estimate of drug-likeness (QED) is 0.0782. The first-order valence-electron chi connectivity index (χ1n) is 18.7. The number of ether oxygens (including phenoxy) is 3. The van der Waals surface area contributed by atoms with Crippen LogP contribution in [0.25, 0.3) is 0 Å². The molecule has 3 fully saturated rings. The number of hydrogen-bond acceptors (Lipinski definition) is 7. The molecule has 3 aliphatic heterocycles. The minimum atomic E-state index is -0.399. The van der Waals surface area contributed by atoms with Crippen LogP contribution in [0.5, 0.6) is 0 Å². The van der Waals surface area contributed by atoms with Crippen LogP contribution in [-0.4, -0.2) is 64.7 Å². The summed E-state index contributed by atoms with van der Waals surface area (Å²) >= 11 is 0. The van der Waals surface area contributed by atoms with Crippen LogP contribution < -0.4 is 0 Å². The molecule has 2 N–H and O–H groups in total. The maximum Gasteiger partial charge on any atom is 0.309 e. The fourth-order valence-electron chi connectivity index (χ4n) is 7.55. The minimum Gasteiger partial charge on any atom is -0.462 e. The molecule has 3 aliphatic rings. The Morgan fingerprint density at radius 3 is 1.64 bits per heavy atom. The minimum absolute atomic E-state index is 0.00211. The zero-order valence-corrected chi connectivity index (χ0v) is 28.2. The van der Waals surface area contributed by atoms with Crippen LogP contribution in [0, 0.1) is 5.92 Å². The smallest absolute Gasteiger partial charge is 0.309 e. The Bertz CT molecular complexity index is 788. The molecule has 0 amide bonds. The van der Waals surface area contributed by atoms with Gasteiger partial charge in [0.1, 0.15) is 11.9 Å². The molecule has 256 valence electrons. The predicted molar refractivity (Wildman–Crippen MR) is 174 cm³/mol. The van der Waals surface area contributed by atoms with Gasteiger partial charge >= 0.3 is 5.97 Å². The molecule has 0 aliphatic carbocycles. The molecule has 0 bridgehead atoms. The van der Waals surface area contributed by atoms with Crippen molar-refractivity contribution in [3.8, 4) is 0 Å². The Kier molecular flexibility index (Phi) is 18.5. The second kappa shape index (κ2) is 21.7. The lowest BCUT2D eigenvalue weighted by Gasteiger charge is -2.24. The monoisotopic (exact) mass is 622 g/mol. The molecule has 3 rings (SSSR count). The zero-order chi connectivity index (χ0) is 31.6. The van der Waals surface area contributed by atoms with Crippen LogP contribution in [0.4, 0.5) is 0 Å². The lowest BCUT2D eigenvalue weighted by molar-refractivity contribution is -0.145. The van der Waals surface area contributed by atoms with Gasteiger partial charge in [-0.3, -0.25) is 4.79 Å². The SMILES string of the molecule is CCCCCCCCCC[C@@H](O)[C@H]1CC[C@@H]([C@H]2CC[C@H]([C@H](O)CCCCCCCCCC[C@@H]3CC(CC(C)=O)C(=O)O3)O2)O1. The summed E-state index contributed by atoms with van der Waals surface area (Å²) in [5, 5.41) is 21.4. The van der Waals surface area contributed by atoms with Crippen molar-refractivity contribution in [2.45, 2.75) is 217 Å². The van der Waals surface area contributed by atoms with Crippen LogP contribution >= 0.6 is 0 Å². The third kappa shape index (κ3) is 14.2. The molecular weight excluding hydrogens is 556 g/mol. The molecule has 0 saturated carbocycles. The largest absolute Gasteiger partial charge is 0.462 e. The van der Waals surface area contributed by atoms with Crippen LogP contribution in [-0.2, 0) is 23.8 Å². The first kappa shape index (κ1) is 37.4. The van der Waals surface area contributed by atoms with E-state index in [1.54, 1.807) is 0 Å². The Morgan fingerprint density at radius 1 is 0.705 bits per heavy atom. The van der Waals surface area contributed by atoms with Crippen molar-refractivity contribution in [3.05, 3.63) is 0 Å². The summed E-state index contributed by atoms with van der Waals surface area (Å²) in [7, 11) is 0. The highest BCUT2D eigenvalue weighted by molar-refractivity contribution is 5.83. The maximum absolute atomic E-state index is 11.9. The van der Waals surface area contributed by atoms with Crippen LogP contribution in [0.1, 0.15) is 174 Å². The van der Waals surface area contributed by atoms with Crippen molar-refractivity contribution >= 4 is 11.8 Å². The summed E-state index contributed by atoms with van der Waals surface area (Å²) in [5.41, 5.74) is 0. The van der Waals surface area contributed by atoms with Crippen LogP contribution in [0.3, 0.4) is 0 Å². The van der Waals surface area contributed by atoms with Crippen molar-refractivity contribution in [1.82, 2.24) is 0 Å². The number of cyclic esters (lactones) is 1. The van der Waals surface area contributed by atoms with Crippen molar-refractivity contribution < 1.29 is 34.0 Å². The van der Waals surface area contributed by atoms with Gasteiger partial charge in [0.25, 0.3) is 0 Å². The summed E-state index contributed by atoms with van der Waals surface area (Å²) < 4.78 is 18.0. The number of rotatable bonds is 25. The fourth-order valence-corrected chi connectivity index (χ4v) is 7.55. The van der Waals surface area contributed by atoms with Crippen molar-refractivity contribution in [2.24, 2.45) is 5.92 Å². The summed E-state index contributed by atoms with van der Waals surface area (Å²) in [6.45, 7) is 3.79. The van der Waals surface area contributed by atoms with E-state index in [0.29, 0.717) is 12.8 Å². The number of esters is 1. The first-order valence-corrected chi connectivity index (χ1v) is 18.7. The zero-order valence-electron chi connectivity index (χ0n) is 28.2. The fraction of sp³-hybridized carbons (Fsp3) is 0.946. The van der Waals surface area contributed by atoms with Gasteiger partial charge in [-0.05, 0) is 64.7 Å². The third-order valence-corrected chi connectivity index (χ3v) is 10.3. The van der Waals surface area contributed by atoms with E-state index in [-0.39, 0.29) is 54.3 Å². The molecule has 0 aromatic heterocycles. The number of ketones is 1. The second-order valence-electron chi connectivity index (χ2n) is 14.3. The maximum atomic E-state index is 11.9. The standard InChI is InChI=1S/C37H66O7/c1-3-4-5-6-7-11-14-17-20-31(39)33-22-24-35(43-33)36-25-23-34(44-36)32(40)21-18-15-12-9-8-10-13-16-19-30-27-29(26-28(2)38)37(41)42-30/h29-36,39-40H,3-27H2,1-2H3/t29?,30-,31-,32-,33-,34-,35+,36-/m1/s1. The molecule has 7 heteroatoms. The van der Waals surface area contributed by atoms with Crippen LogP contribution in [0.2, 0.25) is 0 Å². The highest BCUT2D eigenvalue weighted by Crippen LogP contribution is 2.35. The van der Waals surface area contributed by atoms with E-state index in [1.165, 1.54) is 77.6 Å². The molecular formula is C37H66O7. The van der Waals surface area contributed by atoms with Crippen LogP contribution in [0.15, 0.2) is 0 Å². The molecule has 44 heavy (non-hydrogen) atoms. The Balaban J connectivity index is 1.13. The average Bonchev–Trinajstić information content (AvgIpc) is 3.75. The molecule has 3 saturated heterocycles. The first-order chi connectivity index (χ1) is 21.4. The topological polar surface area (TPSA) is 102 Å². The lowest BCUT2D eigenvalue weighted by atomic mass is 9.96. The van der Waals surface area contributed by atoms with Gasteiger partial charge in [0.2, 0.25) is 0 Å². The van der Waals surface area contributed by atoms with E-state index in [1.807, 2.05) is 0 Å². The summed E-state index contributed by atoms with van der Waals surface area (Å²) in [6.07, 6.45) is 26.0. The van der Waals surface area contributed by atoms with E-state index in [0.717, 1.165) is 77.0 Å². The van der Waals surface area contributed by atoms with Gasteiger partial charge in [0.05, 0.1) is 42.5 Å². The van der Waals surface area contributed by atoms with Gasteiger partial charge < -0.3 is 29.2 Å². The molecule has 8 atom stereocenters. The van der Waals surface area contributed by atoms with Crippen molar-refractivity contribution in [3.63, 3.8) is 0 Å². The molecule has 0 radical (unpaired) electrons. The number of unbranched alkanes of at least 4 members (excludes halogenated alkanes) is 14. The van der Waals surface area contributed by atoms with Gasteiger partial charge in [0.15, 0.2) is 0 Å². The van der Waals surface area contributed by atoms with E-state index < -0.39 is 6.10 Å². The molecule has 0 aromatic carbocycles. The van der Waals surface area contributed by atoms with E-state index in [4.69, 9.17) is 14.2 Å². The Labute approximate surface area is 268 Å². The molecule has 3 heterocycles. The third-order valence-electron chi connectivity index (χ3n) is 10.3. The van der Waals surface area contributed by atoms with Gasteiger partial charge in [-0.25, -0.2) is 0 Å². The Hall–Kier alpha value is -1.02. The highest BCUT2D eigenvalue weighted by Gasteiger charge is 2.40. The average molecular weight is 623 g/mol. The molecule has 0 spiro atoms. The highest BCUT2D eigenvalue weighted by atomic mass is 16.6. The van der Waals surface area contributed by atoms with Crippen molar-refractivity contribution in [2.75, 3.05) is 0 Å². The van der Waals surface area contributed by atoms with Gasteiger partial charge in [0, 0.05) is 6.42 Å². The summed E-state index contributed by atoms with van der Waals surface area (Å²) in [6, 6.07) is 0. The van der Waals surface area contributed by atoms with E-state index in [2.05, 4.69) is 6.92 Å². The van der Waals surface area contributed by atoms with E-state index in [9.17, 15) is 19.8 Å². The van der Waals surface area contributed by atoms with Gasteiger partial charge in [-0.1, -0.05) is 103 Å². The lowest BCUT2D eigenvalue weighted by Crippen LogP contribution is -2.33. The normalized spacial score (nSPS) is 28.4. The summed E-state index contributed by atoms with van der Waals surface area (Å²) in [5.74, 6) is -0.348. The predicted octanol–water partition coefficient (Wildman–Crippen LogP) is 8.15. The molecule has 0 aromatic rings. The number of carbonyl (C=O) groups excluding carboxylic acids is 2. The van der Waals surface area contributed by atoms with Gasteiger partial charge in [-0.2, -0.15) is 0 Å². The second-order valence-corrected chi connectivity index (χ2v) is 14.3. The molecule has 1 unspecified atom stereocenters. The number of Topliss-reactive ketones (excluding diaryl/α,β-unsaturated/α-hetero) is 1. The molecule has 7 nitrogen and oxygen atoms in total. The van der Waals surface area contributed by atoms with Crippen molar-refractivity contribution in [1.29, 1.82) is 0 Å². The number of hydrogen-bond donors (Lipinski definition) is 2. The van der Waals surface area contributed by atoms with Gasteiger partial charge in [-0.15, -0.1) is 0 Å². The number of aliphatic hydroxyl groups excluding tert-OH is 2. The Morgan fingerprint density at radius 2 is 1.16 bits per heavy atom.